The Kier molecular flexibility index (Phi) is 2.77. The van der Waals surface area contributed by atoms with Gasteiger partial charge in [0.05, 0.1) is 6.54 Å². The molecular weight excluding hydrogens is 186 g/mol. The van der Waals surface area contributed by atoms with Crippen LogP contribution in [-0.4, -0.2) is 0 Å². The van der Waals surface area contributed by atoms with E-state index < -0.39 is 0 Å². The zero-order valence-corrected chi connectivity index (χ0v) is 9.08. The zero-order chi connectivity index (χ0) is 10.7. The third kappa shape index (κ3) is 1.63. The van der Waals surface area contributed by atoms with Gasteiger partial charge < -0.3 is 9.73 Å². The topological polar surface area (TPSA) is 25.2 Å². The monoisotopic (exact) mass is 201 g/mol. The van der Waals surface area contributed by atoms with Gasteiger partial charge in [0.15, 0.2) is 0 Å². The van der Waals surface area contributed by atoms with Gasteiger partial charge in [-0.2, -0.15) is 0 Å². The van der Waals surface area contributed by atoms with Gasteiger partial charge in [-0.1, -0.05) is 32.0 Å². The molecule has 0 saturated heterocycles. The number of benzene rings is 1. The molecule has 0 radical (unpaired) electrons. The van der Waals surface area contributed by atoms with Gasteiger partial charge in [0.1, 0.15) is 11.3 Å². The van der Waals surface area contributed by atoms with E-state index in [9.17, 15) is 0 Å². The summed E-state index contributed by atoms with van der Waals surface area (Å²) >= 11 is 0. The highest BCUT2D eigenvalue weighted by Gasteiger charge is 2.12. The number of hydrogen-bond donors (Lipinski definition) is 1. The van der Waals surface area contributed by atoms with Crippen molar-refractivity contribution < 1.29 is 4.42 Å². The van der Waals surface area contributed by atoms with Crippen molar-refractivity contribution in [2.24, 2.45) is 0 Å². The Labute approximate surface area is 89.6 Å². The van der Waals surface area contributed by atoms with Crippen LogP contribution in [0.1, 0.15) is 25.2 Å². The lowest BCUT2D eigenvalue weighted by atomic mass is 10.1. The van der Waals surface area contributed by atoms with Crippen molar-refractivity contribution in [3.63, 3.8) is 0 Å². The van der Waals surface area contributed by atoms with Crippen molar-refractivity contribution in [3.05, 3.63) is 41.8 Å². The number of para-hydroxylation sites is 1. The molecule has 0 amide bonds. The maximum atomic E-state index is 5.68. The molecule has 0 fully saturated rings. The van der Waals surface area contributed by atoms with E-state index in [4.69, 9.17) is 4.42 Å². The summed E-state index contributed by atoms with van der Waals surface area (Å²) < 4.78 is 5.68. The van der Waals surface area contributed by atoms with Crippen LogP contribution in [0.5, 0.6) is 0 Å². The van der Waals surface area contributed by atoms with Gasteiger partial charge in [-0.25, -0.2) is 0 Å². The van der Waals surface area contributed by atoms with Gasteiger partial charge in [0, 0.05) is 10.9 Å². The quantitative estimate of drug-likeness (QED) is 0.705. The molecule has 0 unspecified atom stereocenters. The first-order valence-electron chi connectivity index (χ1n) is 5.35. The van der Waals surface area contributed by atoms with Crippen LogP contribution in [0.2, 0.25) is 0 Å². The summed E-state index contributed by atoms with van der Waals surface area (Å²) in [5, 5.41) is 4.33. The third-order valence-electron chi connectivity index (χ3n) is 2.34. The standard InChI is InChI=1S/C11H9NO.C2H6/c1-2-4-10-8(3-1)9-5-6-12-7-11(9)13-10;1-2/h1-6,12H,7H2;1-2H3. The molecule has 78 valence electrons. The largest absolute Gasteiger partial charge is 0.459 e. The summed E-state index contributed by atoms with van der Waals surface area (Å²) in [4.78, 5) is 0. The second kappa shape index (κ2) is 4.22. The lowest BCUT2D eigenvalue weighted by Gasteiger charge is -2.04. The Morgan fingerprint density at radius 3 is 2.87 bits per heavy atom. The van der Waals surface area contributed by atoms with Gasteiger partial charge in [-0.3, -0.25) is 0 Å². The van der Waals surface area contributed by atoms with Gasteiger partial charge in [0.25, 0.3) is 0 Å². The Morgan fingerprint density at radius 2 is 2.00 bits per heavy atom. The van der Waals surface area contributed by atoms with E-state index in [0.717, 1.165) is 17.9 Å². The van der Waals surface area contributed by atoms with Crippen LogP contribution in [0, 0.1) is 0 Å². The number of fused-ring (bicyclic) bond motifs is 3. The van der Waals surface area contributed by atoms with Crippen molar-refractivity contribution in [1.82, 2.24) is 5.32 Å². The smallest absolute Gasteiger partial charge is 0.135 e. The summed E-state index contributed by atoms with van der Waals surface area (Å²) in [7, 11) is 0. The highest BCUT2D eigenvalue weighted by molar-refractivity contribution is 5.88. The molecule has 1 aliphatic rings. The van der Waals surface area contributed by atoms with Crippen molar-refractivity contribution in [2.75, 3.05) is 0 Å². The molecular formula is C13H15NO. The first-order chi connectivity index (χ1) is 7.45. The van der Waals surface area contributed by atoms with Crippen LogP contribution in [0.3, 0.4) is 0 Å². The van der Waals surface area contributed by atoms with Gasteiger partial charge in [-0.15, -0.1) is 0 Å². The molecule has 0 bridgehead atoms. The first kappa shape index (κ1) is 9.84. The fourth-order valence-corrected chi connectivity index (χ4v) is 1.72. The fourth-order valence-electron chi connectivity index (χ4n) is 1.72. The first-order valence-corrected chi connectivity index (χ1v) is 5.35. The molecule has 0 spiro atoms. The van der Waals surface area contributed by atoms with Crippen LogP contribution in [0.15, 0.2) is 34.9 Å². The molecule has 1 aliphatic heterocycles. The van der Waals surface area contributed by atoms with Crippen molar-refractivity contribution in [3.8, 4) is 0 Å². The SMILES string of the molecule is C1=Cc2c(oc3ccccc23)CN1.CC. The Morgan fingerprint density at radius 1 is 1.20 bits per heavy atom. The summed E-state index contributed by atoms with van der Waals surface area (Å²) in [6.07, 6.45) is 4.02. The Balaban J connectivity index is 0.000000404. The second-order valence-electron chi connectivity index (χ2n) is 3.15. The van der Waals surface area contributed by atoms with Crippen LogP contribution >= 0.6 is 0 Å². The zero-order valence-electron chi connectivity index (χ0n) is 9.08. The maximum Gasteiger partial charge on any atom is 0.135 e. The summed E-state index contributed by atoms with van der Waals surface area (Å²) in [5.74, 6) is 1.03. The van der Waals surface area contributed by atoms with Crippen LogP contribution in [0.25, 0.3) is 17.0 Å². The lowest BCUT2D eigenvalue weighted by Crippen LogP contribution is -2.07. The van der Waals surface area contributed by atoms with E-state index in [2.05, 4.69) is 17.5 Å². The number of furan rings is 1. The van der Waals surface area contributed by atoms with E-state index in [1.807, 2.05) is 38.2 Å². The Hall–Kier alpha value is -1.70. The van der Waals surface area contributed by atoms with E-state index >= 15 is 0 Å². The molecule has 15 heavy (non-hydrogen) atoms. The minimum absolute atomic E-state index is 0.792. The summed E-state index contributed by atoms with van der Waals surface area (Å²) in [6.45, 7) is 4.79. The lowest BCUT2D eigenvalue weighted by molar-refractivity contribution is 0.532. The van der Waals surface area contributed by atoms with Crippen LogP contribution in [0.4, 0.5) is 0 Å². The van der Waals surface area contributed by atoms with Gasteiger partial charge in [0.2, 0.25) is 0 Å². The van der Waals surface area contributed by atoms with Crippen molar-refractivity contribution in [2.45, 2.75) is 20.4 Å². The molecule has 2 heteroatoms. The molecule has 2 aromatic rings. The van der Waals surface area contributed by atoms with Crippen molar-refractivity contribution in [1.29, 1.82) is 0 Å². The highest BCUT2D eigenvalue weighted by atomic mass is 16.3. The average Bonchev–Trinajstić information content (AvgIpc) is 2.70. The Bertz CT molecular complexity index is 482. The molecule has 0 aliphatic carbocycles. The molecule has 2 nitrogen and oxygen atoms in total. The minimum Gasteiger partial charge on any atom is -0.459 e. The minimum atomic E-state index is 0.792. The highest BCUT2D eigenvalue weighted by Crippen LogP contribution is 2.28. The molecule has 0 atom stereocenters. The molecule has 2 heterocycles. The third-order valence-corrected chi connectivity index (χ3v) is 2.34. The maximum absolute atomic E-state index is 5.68. The fraction of sp³-hybridized carbons (Fsp3) is 0.231. The second-order valence-corrected chi connectivity index (χ2v) is 3.15. The number of nitrogens with one attached hydrogen (secondary N) is 1. The summed E-state index contributed by atoms with van der Waals surface area (Å²) in [5.41, 5.74) is 2.19. The number of hydrogen-bond acceptors (Lipinski definition) is 2. The summed E-state index contributed by atoms with van der Waals surface area (Å²) in [6, 6.07) is 8.12. The van der Waals surface area contributed by atoms with E-state index in [1.54, 1.807) is 0 Å². The van der Waals surface area contributed by atoms with Crippen LogP contribution in [-0.2, 0) is 6.54 Å². The average molecular weight is 201 g/mol. The molecule has 1 N–H and O–H groups in total. The van der Waals surface area contributed by atoms with Crippen LogP contribution < -0.4 is 5.32 Å². The molecule has 0 saturated carbocycles. The van der Waals surface area contributed by atoms with E-state index in [1.165, 1.54) is 10.9 Å². The van der Waals surface area contributed by atoms with E-state index in [0.29, 0.717) is 0 Å². The molecule has 1 aromatic heterocycles. The number of rotatable bonds is 0. The van der Waals surface area contributed by atoms with Gasteiger partial charge >= 0.3 is 0 Å². The van der Waals surface area contributed by atoms with E-state index in [-0.39, 0.29) is 0 Å². The normalized spacial score (nSPS) is 12.7. The molecule has 3 rings (SSSR count). The predicted octanol–water partition coefficient (Wildman–Crippen LogP) is 3.53. The van der Waals surface area contributed by atoms with Crippen molar-refractivity contribution >= 4 is 17.0 Å². The molecule has 1 aromatic carbocycles. The predicted molar refractivity (Wildman–Crippen MR) is 63.4 cm³/mol. The van der Waals surface area contributed by atoms with Gasteiger partial charge in [-0.05, 0) is 18.3 Å².